The maximum absolute atomic E-state index is 8.56. The van der Waals surface area contributed by atoms with Crippen molar-refractivity contribution in [3.8, 4) is 0 Å². The summed E-state index contributed by atoms with van der Waals surface area (Å²) < 4.78 is 24.1. The van der Waals surface area contributed by atoms with Gasteiger partial charge in [0.25, 0.3) is 0 Å². The first kappa shape index (κ1) is 15.9. The van der Waals surface area contributed by atoms with Crippen LogP contribution in [-0.2, 0) is 48.9 Å². The van der Waals surface area contributed by atoms with E-state index in [1.165, 1.54) is 0 Å². The first-order valence-electron chi connectivity index (χ1n) is 0.944. The van der Waals surface area contributed by atoms with Gasteiger partial charge in [0.15, 0.2) is 0 Å². The van der Waals surface area contributed by atoms with Gasteiger partial charge in [-0.15, -0.1) is 0 Å². The van der Waals surface area contributed by atoms with Crippen LogP contribution in [0.2, 0.25) is 0 Å². The molecule has 8 heavy (non-hydrogen) atoms. The Labute approximate surface area is 73.5 Å². The van der Waals surface area contributed by atoms with Gasteiger partial charge in [0.05, 0.1) is 11.4 Å². The summed E-state index contributed by atoms with van der Waals surface area (Å²) in [6.07, 6.45) is 0. The van der Waals surface area contributed by atoms with E-state index >= 15 is 0 Å². The Balaban J connectivity index is -0.0000000575. The van der Waals surface area contributed by atoms with Crippen molar-refractivity contribution in [3.63, 3.8) is 0 Å². The second kappa shape index (κ2) is 15.6. The summed E-state index contributed by atoms with van der Waals surface area (Å²) in [4.78, 5) is 8.24. The number of hydrogen-bond donors (Lipinski definition) is 2. The van der Waals surface area contributed by atoms with Gasteiger partial charge in [-0.3, -0.25) is 0 Å². The van der Waals surface area contributed by atoms with E-state index in [1.54, 1.807) is 0 Å². The van der Waals surface area contributed by atoms with Crippen molar-refractivity contribution in [2.45, 2.75) is 0 Å². The molecule has 0 amide bonds. The Kier molecular flexibility index (Phi) is 31.0. The van der Waals surface area contributed by atoms with Crippen LogP contribution in [0.4, 0.5) is 0 Å². The van der Waals surface area contributed by atoms with Gasteiger partial charge in [-0.1, -0.05) is 6.47 Å². The van der Waals surface area contributed by atoms with E-state index in [4.69, 9.17) is 23.2 Å². The molecular weight excluding hydrogens is 213 g/mol. The third-order valence-electron chi connectivity index (χ3n) is 0. The minimum atomic E-state index is -2.86. The van der Waals surface area contributed by atoms with Gasteiger partial charge in [-0.25, -0.2) is 4.21 Å². The third-order valence-corrected chi connectivity index (χ3v) is 0. The zero-order valence-electron chi connectivity index (χ0n) is 3.60. The van der Waals surface area contributed by atoms with Crippen LogP contribution in [0, 0.1) is 0 Å². The van der Waals surface area contributed by atoms with Gasteiger partial charge in [-0.2, -0.15) is 0 Å². The smallest absolute Gasteiger partial charge is 0.0814 e. The van der Waals surface area contributed by atoms with E-state index in [-0.39, 0.29) is 32.7 Å². The van der Waals surface area contributed by atoms with Crippen LogP contribution in [-0.4, -0.2) is 24.9 Å². The molecule has 0 aliphatic carbocycles. The molecule has 0 aromatic rings. The van der Waals surface area contributed by atoms with Crippen molar-refractivity contribution >= 4 is 17.8 Å². The SMILES string of the molecule is O=S([O-])O.O=[C-]O.[Y]. The fourth-order valence-electron chi connectivity index (χ4n) is 0. The minimum Gasteiger partial charge on any atom is -0.750 e. The number of rotatable bonds is 0. The van der Waals surface area contributed by atoms with Crippen molar-refractivity contribution in [3.05, 3.63) is 0 Å². The molecule has 0 aromatic carbocycles. The molecule has 2 N–H and O–H groups in total. The molecule has 0 heterocycles. The molecule has 0 bridgehead atoms. The van der Waals surface area contributed by atoms with Gasteiger partial charge >= 0.3 is 0 Å². The maximum atomic E-state index is 8.56. The van der Waals surface area contributed by atoms with E-state index < -0.39 is 11.4 Å². The topological polar surface area (TPSA) is 97.7 Å². The molecule has 1 radical (unpaired) electrons. The van der Waals surface area contributed by atoms with Gasteiger partial charge in [0.2, 0.25) is 0 Å². The number of hydrogen-bond acceptors (Lipinski definition) is 3. The Morgan fingerprint density at radius 2 is 1.62 bits per heavy atom. The molecule has 7 heteroatoms. The van der Waals surface area contributed by atoms with Gasteiger partial charge < -0.3 is 19.0 Å². The Morgan fingerprint density at radius 1 is 1.62 bits per heavy atom. The summed E-state index contributed by atoms with van der Waals surface area (Å²) in [7, 11) is 0. The maximum Gasteiger partial charge on any atom is 0.0814 e. The second-order valence-electron chi connectivity index (χ2n) is 0.308. The second-order valence-corrected chi connectivity index (χ2v) is 0.743. The summed E-state index contributed by atoms with van der Waals surface area (Å²) in [6.45, 7) is 0.500. The molecule has 47 valence electrons. The van der Waals surface area contributed by atoms with Crippen LogP contribution >= 0.6 is 0 Å². The van der Waals surface area contributed by atoms with Crippen molar-refractivity contribution in [1.82, 2.24) is 0 Å². The predicted molar refractivity (Wildman–Crippen MR) is 19.9 cm³/mol. The fourth-order valence-corrected chi connectivity index (χ4v) is 0. The Hall–Kier alpha value is 0.644. The summed E-state index contributed by atoms with van der Waals surface area (Å²) >= 11 is -2.86. The molecule has 0 spiro atoms. The molecule has 1 unspecified atom stereocenters. The average molecular weight is 215 g/mol. The first-order valence-corrected chi connectivity index (χ1v) is 1.98. The van der Waals surface area contributed by atoms with Gasteiger partial charge in [0, 0.05) is 32.7 Å². The zero-order chi connectivity index (χ0) is 6.28. The van der Waals surface area contributed by atoms with Crippen LogP contribution in [0.15, 0.2) is 0 Å². The monoisotopic (exact) mass is 215 g/mol. The largest absolute Gasteiger partial charge is 0.750 e. The average Bonchev–Trinajstić information content (AvgIpc) is 1.33. The molecule has 5 nitrogen and oxygen atoms in total. The van der Waals surface area contributed by atoms with E-state index in [0.29, 0.717) is 6.47 Å². The van der Waals surface area contributed by atoms with Crippen molar-refractivity contribution < 1.29 is 55.9 Å². The van der Waals surface area contributed by atoms with Gasteiger partial charge in [-0.05, 0) is 0 Å². The molecule has 0 aromatic heterocycles. The standard InChI is InChI=1S/CHO2.H2O3S.Y/c2-1-3;1-4(2)3;/h(H,2,3);(H2,1,2,3);/q-1;;/p-1. The van der Waals surface area contributed by atoms with Crippen LogP contribution in [0.25, 0.3) is 0 Å². The summed E-state index contributed by atoms with van der Waals surface area (Å²) in [5, 5.41) is 6.76. The summed E-state index contributed by atoms with van der Waals surface area (Å²) in [5.74, 6) is 0. The Bertz CT molecular complexity index is 59.4. The summed E-state index contributed by atoms with van der Waals surface area (Å²) in [5.41, 5.74) is 0. The minimum absolute atomic E-state index is 0. The van der Waals surface area contributed by atoms with Crippen LogP contribution in [0.1, 0.15) is 0 Å². The molecular formula is CH2O5SY-2. The molecule has 0 saturated carbocycles. The van der Waals surface area contributed by atoms with Crippen molar-refractivity contribution in [2.75, 3.05) is 0 Å². The predicted octanol–water partition coefficient (Wildman–Crippen LogP) is -1.05. The van der Waals surface area contributed by atoms with E-state index in [1.807, 2.05) is 0 Å². The Morgan fingerprint density at radius 3 is 1.62 bits per heavy atom. The zero-order valence-corrected chi connectivity index (χ0v) is 7.26. The van der Waals surface area contributed by atoms with Crippen LogP contribution in [0.3, 0.4) is 0 Å². The molecule has 1 atom stereocenters. The fraction of sp³-hybridized carbons (Fsp3) is 0. The van der Waals surface area contributed by atoms with E-state index in [9.17, 15) is 0 Å². The quantitative estimate of drug-likeness (QED) is 0.396. The molecule has 0 saturated heterocycles. The number of aliphatic hydroxyl groups excluding tert-OH is 1. The van der Waals surface area contributed by atoms with E-state index in [2.05, 4.69) is 0 Å². The van der Waals surface area contributed by atoms with Crippen LogP contribution in [0.5, 0.6) is 0 Å². The molecule has 0 fully saturated rings. The first-order chi connectivity index (χ1) is 3.15. The van der Waals surface area contributed by atoms with Crippen molar-refractivity contribution in [1.29, 1.82) is 0 Å². The third kappa shape index (κ3) is 510. The van der Waals surface area contributed by atoms with E-state index in [0.717, 1.165) is 0 Å². The summed E-state index contributed by atoms with van der Waals surface area (Å²) in [6, 6.07) is 0. The molecule has 0 rings (SSSR count). The molecule has 0 aliphatic heterocycles. The normalized spacial score (nSPS) is 9.25. The van der Waals surface area contributed by atoms with Gasteiger partial charge in [0.1, 0.15) is 0 Å². The van der Waals surface area contributed by atoms with Crippen molar-refractivity contribution in [2.24, 2.45) is 0 Å². The molecule has 0 aliphatic rings. The van der Waals surface area contributed by atoms with Crippen LogP contribution < -0.4 is 0 Å².